The predicted octanol–water partition coefficient (Wildman–Crippen LogP) is 3.96. The van der Waals surface area contributed by atoms with Gasteiger partial charge >= 0.3 is 0 Å². The number of aryl methyl sites for hydroxylation is 2. The first kappa shape index (κ1) is 20.1. The molecule has 1 aliphatic heterocycles. The van der Waals surface area contributed by atoms with Crippen LogP contribution in [0.5, 0.6) is 0 Å². The maximum absolute atomic E-state index is 12.9. The summed E-state index contributed by atoms with van der Waals surface area (Å²) in [5.41, 5.74) is 4.37. The quantitative estimate of drug-likeness (QED) is 0.822. The second-order valence-corrected chi connectivity index (χ2v) is 7.67. The van der Waals surface area contributed by atoms with Crippen LogP contribution in [0.4, 0.5) is 5.69 Å². The fourth-order valence-corrected chi connectivity index (χ4v) is 3.57. The molecule has 0 radical (unpaired) electrons. The number of hydrogen-bond donors (Lipinski definition) is 1. The summed E-state index contributed by atoms with van der Waals surface area (Å²) in [4.78, 5) is 32.1. The molecule has 3 rings (SSSR count). The maximum Gasteiger partial charge on any atom is 0.291 e. The monoisotopic (exact) mass is 382 g/mol. The molecule has 6 heteroatoms. The van der Waals surface area contributed by atoms with Crippen LogP contribution >= 0.6 is 0 Å². The Labute approximate surface area is 166 Å². The van der Waals surface area contributed by atoms with Crippen LogP contribution < -0.4 is 5.32 Å². The molecular weight excluding hydrogens is 352 g/mol. The summed E-state index contributed by atoms with van der Waals surface area (Å²) in [5.74, 6) is -0.0221. The van der Waals surface area contributed by atoms with Crippen LogP contribution in [0, 0.1) is 13.8 Å². The molecule has 0 spiro atoms. The predicted molar refractivity (Wildman–Crippen MR) is 111 cm³/mol. The van der Waals surface area contributed by atoms with Crippen molar-refractivity contribution in [3.63, 3.8) is 0 Å². The number of benzene rings is 1. The van der Waals surface area contributed by atoms with Gasteiger partial charge in [-0.2, -0.15) is 0 Å². The first-order chi connectivity index (χ1) is 13.4. The van der Waals surface area contributed by atoms with Crippen LogP contribution in [0.1, 0.15) is 70.5 Å². The van der Waals surface area contributed by atoms with Gasteiger partial charge in [-0.15, -0.1) is 0 Å². The van der Waals surface area contributed by atoms with Gasteiger partial charge in [0.2, 0.25) is 0 Å². The van der Waals surface area contributed by atoms with Gasteiger partial charge < -0.3 is 14.8 Å². The molecule has 2 amide bonds. The lowest BCUT2D eigenvalue weighted by Crippen LogP contribution is -2.29. The lowest BCUT2D eigenvalue weighted by atomic mass is 10.1. The minimum atomic E-state index is -0.262. The average Bonchev–Trinajstić information content (AvgIpc) is 3.08. The van der Waals surface area contributed by atoms with Crippen LogP contribution in [-0.2, 0) is 13.0 Å². The molecule has 1 N–H and O–H groups in total. The third-order valence-electron chi connectivity index (χ3n) is 5.48. The van der Waals surface area contributed by atoms with E-state index in [0.717, 1.165) is 55.6 Å². The summed E-state index contributed by atoms with van der Waals surface area (Å²) in [6.07, 6.45) is 4.78. The molecule has 1 aromatic carbocycles. The number of imidazole rings is 1. The number of nitrogens with zero attached hydrogens (tertiary/aromatic N) is 3. The minimum absolute atomic E-state index is 0.0932. The molecular formula is C22H30N4O2. The van der Waals surface area contributed by atoms with E-state index in [1.807, 2.05) is 36.6 Å². The zero-order chi connectivity index (χ0) is 20.3. The fraction of sp³-hybridized carbons (Fsp3) is 0.500. The third-order valence-corrected chi connectivity index (χ3v) is 5.48. The van der Waals surface area contributed by atoms with Gasteiger partial charge in [-0.05, 0) is 62.8 Å². The van der Waals surface area contributed by atoms with E-state index >= 15 is 0 Å². The van der Waals surface area contributed by atoms with Crippen LogP contribution in [0.2, 0.25) is 0 Å². The Morgan fingerprint density at radius 3 is 2.71 bits per heavy atom. The zero-order valence-electron chi connectivity index (χ0n) is 17.3. The fourth-order valence-electron chi connectivity index (χ4n) is 3.57. The number of anilines is 1. The van der Waals surface area contributed by atoms with Crippen LogP contribution in [0.25, 0.3) is 0 Å². The number of amides is 2. The Hall–Kier alpha value is -2.63. The van der Waals surface area contributed by atoms with E-state index in [1.165, 1.54) is 5.56 Å². The van der Waals surface area contributed by atoms with Gasteiger partial charge in [-0.1, -0.05) is 19.4 Å². The van der Waals surface area contributed by atoms with Crippen LogP contribution in [0.15, 0.2) is 18.2 Å². The van der Waals surface area contributed by atoms with Gasteiger partial charge in [0.1, 0.15) is 5.69 Å². The molecule has 0 fully saturated rings. The van der Waals surface area contributed by atoms with E-state index in [9.17, 15) is 9.59 Å². The lowest BCUT2D eigenvalue weighted by molar-refractivity contribution is 0.0786. The van der Waals surface area contributed by atoms with E-state index in [2.05, 4.69) is 17.2 Å². The highest BCUT2D eigenvalue weighted by atomic mass is 16.2. The third kappa shape index (κ3) is 4.11. The number of unbranched alkanes of at least 4 members (excludes halogenated alkanes) is 1. The zero-order valence-corrected chi connectivity index (χ0v) is 17.3. The maximum atomic E-state index is 12.9. The van der Waals surface area contributed by atoms with Crippen molar-refractivity contribution in [1.82, 2.24) is 14.5 Å². The molecule has 28 heavy (non-hydrogen) atoms. The normalized spacial score (nSPS) is 13.1. The standard InChI is InChI=1S/C22H30N4O2/c1-5-6-12-25(4)22(28)19-18-9-7-8-13-26(18)20(24-19)21(27)23-17-11-10-15(2)16(3)14-17/h10-11,14H,5-9,12-13H2,1-4H3,(H,23,27). The number of aromatic nitrogens is 2. The summed E-state index contributed by atoms with van der Waals surface area (Å²) in [5, 5.41) is 2.94. The van der Waals surface area contributed by atoms with Gasteiger partial charge in [-0.25, -0.2) is 4.98 Å². The molecule has 0 bridgehead atoms. The molecule has 0 atom stereocenters. The number of fused-ring (bicyclic) bond motifs is 1. The largest absolute Gasteiger partial charge is 0.340 e. The molecule has 0 saturated carbocycles. The van der Waals surface area contributed by atoms with Crippen molar-refractivity contribution < 1.29 is 9.59 Å². The molecule has 6 nitrogen and oxygen atoms in total. The number of hydrogen-bond acceptors (Lipinski definition) is 3. The highest BCUT2D eigenvalue weighted by Crippen LogP contribution is 2.23. The van der Waals surface area contributed by atoms with E-state index in [-0.39, 0.29) is 11.8 Å². The minimum Gasteiger partial charge on any atom is -0.340 e. The Morgan fingerprint density at radius 2 is 2.00 bits per heavy atom. The number of nitrogens with one attached hydrogen (secondary N) is 1. The van der Waals surface area contributed by atoms with Crippen molar-refractivity contribution in [2.24, 2.45) is 0 Å². The van der Waals surface area contributed by atoms with Crippen molar-refractivity contribution in [3.8, 4) is 0 Å². The molecule has 2 heterocycles. The molecule has 1 aromatic heterocycles. The first-order valence-electron chi connectivity index (χ1n) is 10.2. The second-order valence-electron chi connectivity index (χ2n) is 7.67. The van der Waals surface area contributed by atoms with Crippen molar-refractivity contribution in [3.05, 3.63) is 46.5 Å². The van der Waals surface area contributed by atoms with Crippen molar-refractivity contribution in [1.29, 1.82) is 0 Å². The van der Waals surface area contributed by atoms with Crippen LogP contribution in [-0.4, -0.2) is 39.9 Å². The molecule has 0 unspecified atom stereocenters. The summed E-state index contributed by atoms with van der Waals surface area (Å²) < 4.78 is 1.93. The van der Waals surface area contributed by atoms with E-state index in [0.29, 0.717) is 18.1 Å². The van der Waals surface area contributed by atoms with E-state index in [4.69, 9.17) is 0 Å². The highest BCUT2D eigenvalue weighted by molar-refractivity contribution is 6.03. The van der Waals surface area contributed by atoms with Gasteiger partial charge in [-0.3, -0.25) is 9.59 Å². The van der Waals surface area contributed by atoms with Crippen molar-refractivity contribution >= 4 is 17.5 Å². The number of carbonyl (C=O) groups is 2. The Kier molecular flexibility index (Phi) is 6.17. The molecule has 150 valence electrons. The molecule has 0 aliphatic carbocycles. The summed E-state index contributed by atoms with van der Waals surface area (Å²) in [6, 6.07) is 5.84. The molecule has 0 saturated heterocycles. The number of carbonyl (C=O) groups excluding carboxylic acids is 2. The first-order valence-corrected chi connectivity index (χ1v) is 10.2. The average molecular weight is 383 g/mol. The second kappa shape index (κ2) is 8.59. The van der Waals surface area contributed by atoms with E-state index in [1.54, 1.807) is 11.9 Å². The Bertz CT molecular complexity index is 885. The van der Waals surface area contributed by atoms with E-state index < -0.39 is 0 Å². The lowest BCUT2D eigenvalue weighted by Gasteiger charge is -2.19. The SMILES string of the molecule is CCCCN(C)C(=O)c1nc(C(=O)Nc2ccc(C)c(C)c2)n2c1CCCC2. The Morgan fingerprint density at radius 1 is 1.21 bits per heavy atom. The topological polar surface area (TPSA) is 67.2 Å². The van der Waals surface area contributed by atoms with Crippen LogP contribution in [0.3, 0.4) is 0 Å². The summed E-state index contributed by atoms with van der Waals surface area (Å²) in [7, 11) is 1.81. The summed E-state index contributed by atoms with van der Waals surface area (Å²) in [6.45, 7) is 7.59. The molecule has 1 aliphatic rings. The smallest absolute Gasteiger partial charge is 0.291 e. The van der Waals surface area contributed by atoms with Crippen molar-refractivity contribution in [2.75, 3.05) is 18.9 Å². The highest BCUT2D eigenvalue weighted by Gasteiger charge is 2.28. The van der Waals surface area contributed by atoms with Gasteiger partial charge in [0.25, 0.3) is 11.8 Å². The Balaban J connectivity index is 1.88. The van der Waals surface area contributed by atoms with Gasteiger partial charge in [0, 0.05) is 25.8 Å². The summed E-state index contributed by atoms with van der Waals surface area (Å²) >= 11 is 0. The van der Waals surface area contributed by atoms with Gasteiger partial charge in [0.05, 0.1) is 5.69 Å². The van der Waals surface area contributed by atoms with Crippen molar-refractivity contribution in [2.45, 2.75) is 59.4 Å². The molecule has 2 aromatic rings. The number of rotatable bonds is 6. The van der Waals surface area contributed by atoms with Gasteiger partial charge in [0.15, 0.2) is 5.82 Å².